The quantitative estimate of drug-likeness (QED) is 0.777. The minimum absolute atomic E-state index is 0.0857. The predicted molar refractivity (Wildman–Crippen MR) is 65.5 cm³/mol. The molecule has 0 aliphatic heterocycles. The van der Waals surface area contributed by atoms with Crippen LogP contribution < -0.4 is 4.74 Å². The standard InChI is InChI=1S/C12H10F4N2OS/c1-6(2)10-17-11(20-18-10)19-7-3-4-9(13)8(5-7)12(14,15)16/h3-6H,1-2H3. The van der Waals surface area contributed by atoms with Gasteiger partial charge in [0.25, 0.3) is 5.19 Å². The first-order valence-electron chi connectivity index (χ1n) is 5.65. The van der Waals surface area contributed by atoms with E-state index in [0.29, 0.717) is 18.0 Å². The molecule has 0 saturated carbocycles. The summed E-state index contributed by atoms with van der Waals surface area (Å²) in [5.74, 6) is -0.846. The summed E-state index contributed by atoms with van der Waals surface area (Å²) in [4.78, 5) is 4.03. The molecule has 20 heavy (non-hydrogen) atoms. The fraction of sp³-hybridized carbons (Fsp3) is 0.333. The molecule has 0 unspecified atom stereocenters. The van der Waals surface area contributed by atoms with E-state index in [1.165, 1.54) is 0 Å². The molecule has 108 valence electrons. The third kappa shape index (κ3) is 3.24. The Balaban J connectivity index is 2.25. The molecule has 0 radical (unpaired) electrons. The highest BCUT2D eigenvalue weighted by molar-refractivity contribution is 7.07. The van der Waals surface area contributed by atoms with Crippen LogP contribution in [0.1, 0.15) is 31.2 Å². The van der Waals surface area contributed by atoms with Crippen molar-refractivity contribution in [3.8, 4) is 10.9 Å². The Bertz CT molecular complexity index is 610. The van der Waals surface area contributed by atoms with Gasteiger partial charge in [-0.1, -0.05) is 13.8 Å². The summed E-state index contributed by atoms with van der Waals surface area (Å²) >= 11 is 0.932. The van der Waals surface area contributed by atoms with E-state index in [4.69, 9.17) is 4.74 Å². The summed E-state index contributed by atoms with van der Waals surface area (Å²) in [6.45, 7) is 3.76. The highest BCUT2D eigenvalue weighted by Gasteiger charge is 2.34. The fourth-order valence-electron chi connectivity index (χ4n) is 1.38. The molecule has 0 N–H and O–H groups in total. The zero-order valence-corrected chi connectivity index (χ0v) is 11.3. The number of ether oxygens (including phenoxy) is 1. The van der Waals surface area contributed by atoms with Gasteiger partial charge in [-0.25, -0.2) is 4.39 Å². The van der Waals surface area contributed by atoms with Gasteiger partial charge in [0, 0.05) is 17.5 Å². The van der Waals surface area contributed by atoms with Gasteiger partial charge in [-0.3, -0.25) is 0 Å². The molecule has 0 aliphatic rings. The molecule has 0 saturated heterocycles. The molecule has 1 aromatic heterocycles. The minimum Gasteiger partial charge on any atom is -0.430 e. The van der Waals surface area contributed by atoms with Crippen LogP contribution in [0.25, 0.3) is 0 Å². The number of halogens is 4. The van der Waals surface area contributed by atoms with E-state index < -0.39 is 17.6 Å². The summed E-state index contributed by atoms with van der Waals surface area (Å²) in [5, 5.41) is 0.119. The van der Waals surface area contributed by atoms with Crippen LogP contribution in [0, 0.1) is 5.82 Å². The van der Waals surface area contributed by atoms with Gasteiger partial charge in [0.05, 0.1) is 5.56 Å². The van der Waals surface area contributed by atoms with Crippen molar-refractivity contribution in [1.29, 1.82) is 0 Å². The average Bonchev–Trinajstić information content (AvgIpc) is 2.79. The maximum Gasteiger partial charge on any atom is 0.419 e. The van der Waals surface area contributed by atoms with E-state index in [-0.39, 0.29) is 16.9 Å². The number of aromatic nitrogens is 2. The van der Waals surface area contributed by atoms with E-state index >= 15 is 0 Å². The zero-order valence-electron chi connectivity index (χ0n) is 10.5. The van der Waals surface area contributed by atoms with Crippen LogP contribution in [-0.2, 0) is 6.18 Å². The summed E-state index contributed by atoms with van der Waals surface area (Å²) in [7, 11) is 0. The van der Waals surface area contributed by atoms with Crippen molar-refractivity contribution in [2.75, 3.05) is 0 Å². The number of alkyl halides is 3. The van der Waals surface area contributed by atoms with Crippen molar-refractivity contribution < 1.29 is 22.3 Å². The Morgan fingerprint density at radius 1 is 1.25 bits per heavy atom. The summed E-state index contributed by atoms with van der Waals surface area (Å²) in [6, 6.07) is 2.43. The van der Waals surface area contributed by atoms with Gasteiger partial charge < -0.3 is 4.74 Å². The Morgan fingerprint density at radius 2 is 1.95 bits per heavy atom. The maximum atomic E-state index is 13.1. The van der Waals surface area contributed by atoms with E-state index in [1.54, 1.807) is 0 Å². The molecule has 0 aliphatic carbocycles. The van der Waals surface area contributed by atoms with Crippen LogP contribution in [0.3, 0.4) is 0 Å². The second-order valence-corrected chi connectivity index (χ2v) is 5.03. The molecule has 0 bridgehead atoms. The Labute approximate surface area is 116 Å². The van der Waals surface area contributed by atoms with Crippen molar-refractivity contribution in [3.05, 3.63) is 35.4 Å². The van der Waals surface area contributed by atoms with E-state index in [9.17, 15) is 17.6 Å². The van der Waals surface area contributed by atoms with E-state index in [2.05, 4.69) is 9.36 Å². The summed E-state index contributed by atoms with van der Waals surface area (Å²) in [5.41, 5.74) is -1.37. The highest BCUT2D eigenvalue weighted by atomic mass is 32.1. The lowest BCUT2D eigenvalue weighted by Crippen LogP contribution is -2.08. The Hall–Kier alpha value is -1.70. The second-order valence-electron chi connectivity index (χ2n) is 4.31. The number of rotatable bonds is 3. The first-order chi connectivity index (χ1) is 9.27. The van der Waals surface area contributed by atoms with Crippen LogP contribution in [0.4, 0.5) is 17.6 Å². The molecule has 0 fully saturated rings. The molecule has 1 heterocycles. The monoisotopic (exact) mass is 306 g/mol. The lowest BCUT2D eigenvalue weighted by atomic mass is 10.2. The molecule has 2 aromatic rings. The van der Waals surface area contributed by atoms with Gasteiger partial charge in [0.15, 0.2) is 0 Å². The van der Waals surface area contributed by atoms with Crippen molar-refractivity contribution >= 4 is 11.5 Å². The van der Waals surface area contributed by atoms with Gasteiger partial charge >= 0.3 is 6.18 Å². The van der Waals surface area contributed by atoms with E-state index in [0.717, 1.165) is 17.6 Å². The van der Waals surface area contributed by atoms with Gasteiger partial charge in [-0.2, -0.15) is 22.5 Å². The lowest BCUT2D eigenvalue weighted by Gasteiger charge is -2.09. The van der Waals surface area contributed by atoms with Crippen LogP contribution >= 0.6 is 11.5 Å². The van der Waals surface area contributed by atoms with Crippen LogP contribution in [0.15, 0.2) is 18.2 Å². The molecule has 1 aromatic carbocycles. The third-order valence-corrected chi connectivity index (χ3v) is 3.00. The molecule has 8 heteroatoms. The minimum atomic E-state index is -4.77. The highest BCUT2D eigenvalue weighted by Crippen LogP contribution is 2.35. The second kappa shape index (κ2) is 5.35. The average molecular weight is 306 g/mol. The number of benzene rings is 1. The molecule has 0 atom stereocenters. The summed E-state index contributed by atoms with van der Waals surface area (Å²) < 4.78 is 60.0. The largest absolute Gasteiger partial charge is 0.430 e. The topological polar surface area (TPSA) is 35.0 Å². The van der Waals surface area contributed by atoms with Gasteiger partial charge in [-0.05, 0) is 18.2 Å². The molecule has 0 amide bonds. The Morgan fingerprint density at radius 3 is 2.50 bits per heavy atom. The first-order valence-corrected chi connectivity index (χ1v) is 6.43. The number of hydrogen-bond acceptors (Lipinski definition) is 4. The maximum absolute atomic E-state index is 13.1. The van der Waals surface area contributed by atoms with Gasteiger partial charge in [0.2, 0.25) is 0 Å². The molecule has 2 rings (SSSR count). The number of hydrogen-bond donors (Lipinski definition) is 0. The summed E-state index contributed by atoms with van der Waals surface area (Å²) in [6.07, 6.45) is -4.77. The predicted octanol–water partition coefficient (Wildman–Crippen LogP) is 4.61. The van der Waals surface area contributed by atoms with Crippen molar-refractivity contribution in [2.45, 2.75) is 25.9 Å². The first kappa shape index (κ1) is 14.7. The van der Waals surface area contributed by atoms with Gasteiger partial charge in [-0.15, -0.1) is 0 Å². The molecular formula is C12H10F4N2OS. The molecule has 0 spiro atoms. The van der Waals surface area contributed by atoms with Crippen LogP contribution in [-0.4, -0.2) is 9.36 Å². The van der Waals surface area contributed by atoms with Crippen molar-refractivity contribution in [2.24, 2.45) is 0 Å². The smallest absolute Gasteiger partial charge is 0.419 e. The van der Waals surface area contributed by atoms with Crippen molar-refractivity contribution in [3.63, 3.8) is 0 Å². The number of nitrogens with zero attached hydrogens (tertiary/aromatic N) is 2. The van der Waals surface area contributed by atoms with E-state index in [1.807, 2.05) is 13.8 Å². The van der Waals surface area contributed by atoms with Crippen LogP contribution in [0.5, 0.6) is 10.9 Å². The SMILES string of the molecule is CC(C)c1nsc(Oc2ccc(F)c(C(F)(F)F)c2)n1. The zero-order chi connectivity index (χ0) is 14.9. The van der Waals surface area contributed by atoms with Crippen LogP contribution in [0.2, 0.25) is 0 Å². The van der Waals surface area contributed by atoms with Crippen molar-refractivity contribution in [1.82, 2.24) is 9.36 Å². The van der Waals surface area contributed by atoms with Gasteiger partial charge in [0.1, 0.15) is 17.4 Å². The fourth-order valence-corrected chi connectivity index (χ4v) is 2.07. The lowest BCUT2D eigenvalue weighted by molar-refractivity contribution is -0.140. The molecule has 3 nitrogen and oxygen atoms in total. The Kier molecular flexibility index (Phi) is 3.94. The third-order valence-electron chi connectivity index (χ3n) is 2.39. The molecular weight excluding hydrogens is 296 g/mol. The normalized spacial score (nSPS) is 11.9.